The van der Waals surface area contributed by atoms with Crippen LogP contribution in [0.2, 0.25) is 0 Å². The molecule has 3 aromatic rings. The minimum atomic E-state index is -0.552. The lowest BCUT2D eigenvalue weighted by Crippen LogP contribution is -2.22. The molecule has 5 rings (SSSR count). The van der Waals surface area contributed by atoms with E-state index in [1.807, 2.05) is 0 Å². The third-order valence-electron chi connectivity index (χ3n) is 6.91. The maximum atomic E-state index is 13.5. The standard InChI is InChI=1S/C30H28O10/c1-33-20-13-24(37-5)22(35-3)9-15(20)10-26-29(32)16-7-8-19-28(30(16)40-26)18(12-27(31)39-19)17-11-23(36-4)25(38-6)14-21(17)34-2/h7-11,13-14,18H,12H2,1-6H3/b26-10+/t18-/m0/s1. The molecule has 2 heterocycles. The summed E-state index contributed by atoms with van der Waals surface area (Å²) in [7, 11) is 9.13. The van der Waals surface area contributed by atoms with Gasteiger partial charge in [0.15, 0.2) is 28.8 Å². The summed E-state index contributed by atoms with van der Waals surface area (Å²) in [4.78, 5) is 26.2. The van der Waals surface area contributed by atoms with E-state index in [1.54, 1.807) is 42.5 Å². The highest BCUT2D eigenvalue weighted by molar-refractivity contribution is 6.15. The number of methoxy groups -OCH3 is 6. The number of esters is 1. The zero-order valence-corrected chi connectivity index (χ0v) is 22.9. The number of ether oxygens (including phenoxy) is 8. The quantitative estimate of drug-likeness (QED) is 0.221. The normalized spacial score (nSPS) is 16.4. The van der Waals surface area contributed by atoms with Gasteiger partial charge in [0.1, 0.15) is 23.0 Å². The van der Waals surface area contributed by atoms with Crippen molar-refractivity contribution in [2.75, 3.05) is 42.7 Å². The van der Waals surface area contributed by atoms with E-state index in [1.165, 1.54) is 42.7 Å². The van der Waals surface area contributed by atoms with Crippen molar-refractivity contribution in [1.29, 1.82) is 0 Å². The van der Waals surface area contributed by atoms with E-state index in [9.17, 15) is 9.59 Å². The van der Waals surface area contributed by atoms with Crippen LogP contribution < -0.4 is 37.9 Å². The average Bonchev–Trinajstić information content (AvgIpc) is 3.29. The topological polar surface area (TPSA) is 108 Å². The highest BCUT2D eigenvalue weighted by atomic mass is 16.5. The minimum Gasteiger partial charge on any atom is -0.496 e. The predicted molar refractivity (Wildman–Crippen MR) is 144 cm³/mol. The van der Waals surface area contributed by atoms with E-state index in [0.29, 0.717) is 68.2 Å². The third-order valence-corrected chi connectivity index (χ3v) is 6.91. The molecule has 3 aromatic carbocycles. The Kier molecular flexibility index (Phi) is 7.17. The predicted octanol–water partition coefficient (Wildman–Crippen LogP) is 4.80. The Morgan fingerprint density at radius 2 is 1.27 bits per heavy atom. The van der Waals surface area contributed by atoms with Gasteiger partial charge in [0.25, 0.3) is 0 Å². The first-order valence-electron chi connectivity index (χ1n) is 12.3. The Balaban J connectivity index is 1.64. The SMILES string of the molecule is COc1cc(OC)c(OC)cc1/C=C1/Oc2c(ccc3c2[C@H](c2cc(OC)c(OC)cc2OC)CC(=O)O3)C1=O. The molecule has 0 unspecified atom stereocenters. The van der Waals surface area contributed by atoms with E-state index in [4.69, 9.17) is 37.9 Å². The first-order valence-corrected chi connectivity index (χ1v) is 12.3. The van der Waals surface area contributed by atoms with Gasteiger partial charge in [-0.2, -0.15) is 0 Å². The van der Waals surface area contributed by atoms with E-state index in [-0.39, 0.29) is 18.0 Å². The molecule has 1 atom stereocenters. The van der Waals surface area contributed by atoms with Crippen molar-refractivity contribution in [3.05, 3.63) is 64.4 Å². The van der Waals surface area contributed by atoms with Gasteiger partial charge in [0.2, 0.25) is 5.78 Å². The highest BCUT2D eigenvalue weighted by Crippen LogP contribution is 2.52. The van der Waals surface area contributed by atoms with Gasteiger partial charge in [-0.25, -0.2) is 0 Å². The molecule has 0 amide bonds. The molecule has 0 spiro atoms. The summed E-state index contributed by atoms with van der Waals surface area (Å²) in [5.74, 6) is 2.19. The molecule has 10 heteroatoms. The van der Waals surface area contributed by atoms with Gasteiger partial charge < -0.3 is 37.9 Å². The monoisotopic (exact) mass is 548 g/mol. The second-order valence-corrected chi connectivity index (χ2v) is 8.92. The van der Waals surface area contributed by atoms with Crippen molar-refractivity contribution in [1.82, 2.24) is 0 Å². The van der Waals surface area contributed by atoms with Crippen LogP contribution in [-0.4, -0.2) is 54.4 Å². The summed E-state index contributed by atoms with van der Waals surface area (Å²) in [5.41, 5.74) is 2.10. The molecular weight excluding hydrogens is 520 g/mol. The Bertz CT molecular complexity index is 1540. The molecular formula is C30H28O10. The molecule has 0 saturated carbocycles. The van der Waals surface area contributed by atoms with E-state index >= 15 is 0 Å². The first-order chi connectivity index (χ1) is 19.4. The van der Waals surface area contributed by atoms with Gasteiger partial charge in [0.05, 0.1) is 54.6 Å². The van der Waals surface area contributed by atoms with Crippen LogP contribution in [0.5, 0.6) is 46.0 Å². The van der Waals surface area contributed by atoms with Crippen LogP contribution in [0.1, 0.15) is 39.4 Å². The number of fused-ring (bicyclic) bond motifs is 3. The summed E-state index contributed by atoms with van der Waals surface area (Å²) in [6.45, 7) is 0. The van der Waals surface area contributed by atoms with Crippen molar-refractivity contribution >= 4 is 17.8 Å². The summed E-state index contributed by atoms with van der Waals surface area (Å²) in [5, 5.41) is 0. The lowest BCUT2D eigenvalue weighted by atomic mass is 9.84. The maximum absolute atomic E-state index is 13.5. The summed E-state index contributed by atoms with van der Waals surface area (Å²) in [6.07, 6.45) is 1.58. The largest absolute Gasteiger partial charge is 0.496 e. The van der Waals surface area contributed by atoms with Crippen LogP contribution in [-0.2, 0) is 4.79 Å². The number of rotatable bonds is 8. The van der Waals surface area contributed by atoms with Gasteiger partial charge in [-0.1, -0.05) is 0 Å². The molecule has 0 N–H and O–H groups in total. The van der Waals surface area contributed by atoms with Crippen molar-refractivity contribution in [2.24, 2.45) is 0 Å². The van der Waals surface area contributed by atoms with Crippen LogP contribution in [0.25, 0.3) is 6.08 Å². The third kappa shape index (κ3) is 4.41. The van der Waals surface area contributed by atoms with Crippen molar-refractivity contribution in [3.63, 3.8) is 0 Å². The molecule has 0 aliphatic carbocycles. The zero-order valence-electron chi connectivity index (χ0n) is 22.9. The summed E-state index contributed by atoms with van der Waals surface area (Å²) < 4.78 is 44.7. The van der Waals surface area contributed by atoms with E-state index in [2.05, 4.69) is 0 Å². The maximum Gasteiger partial charge on any atom is 0.312 e. The molecule has 0 fully saturated rings. The number of hydrogen-bond acceptors (Lipinski definition) is 10. The molecule has 40 heavy (non-hydrogen) atoms. The van der Waals surface area contributed by atoms with Crippen LogP contribution in [0, 0.1) is 0 Å². The average molecular weight is 549 g/mol. The number of hydrogen-bond donors (Lipinski definition) is 0. The van der Waals surface area contributed by atoms with Gasteiger partial charge in [-0.05, 0) is 30.3 Å². The molecule has 208 valence electrons. The van der Waals surface area contributed by atoms with Crippen LogP contribution in [0.15, 0.2) is 42.2 Å². The van der Waals surface area contributed by atoms with Gasteiger partial charge >= 0.3 is 5.97 Å². The van der Waals surface area contributed by atoms with Gasteiger partial charge in [-0.3, -0.25) is 9.59 Å². The number of carbonyl (C=O) groups excluding carboxylic acids is 2. The Labute approximate surface area is 230 Å². The molecule has 2 aliphatic heterocycles. The number of carbonyl (C=O) groups is 2. The number of Topliss-reactive ketones (excluding diaryl/α,β-unsaturated/α-hetero) is 1. The van der Waals surface area contributed by atoms with E-state index in [0.717, 1.165) is 0 Å². The molecule has 0 saturated heterocycles. The molecule has 0 bridgehead atoms. The zero-order chi connectivity index (χ0) is 28.6. The minimum absolute atomic E-state index is 0.00457. The van der Waals surface area contributed by atoms with Gasteiger partial charge in [0, 0.05) is 34.7 Å². The summed E-state index contributed by atoms with van der Waals surface area (Å²) >= 11 is 0. The van der Waals surface area contributed by atoms with Crippen molar-refractivity contribution < 1.29 is 47.5 Å². The van der Waals surface area contributed by atoms with E-state index < -0.39 is 11.9 Å². The van der Waals surface area contributed by atoms with Crippen molar-refractivity contribution in [2.45, 2.75) is 12.3 Å². The van der Waals surface area contributed by atoms with Crippen LogP contribution >= 0.6 is 0 Å². The fraction of sp³-hybridized carbons (Fsp3) is 0.267. The van der Waals surface area contributed by atoms with Gasteiger partial charge in [-0.15, -0.1) is 0 Å². The lowest BCUT2D eigenvalue weighted by molar-refractivity contribution is -0.135. The Morgan fingerprint density at radius 3 is 1.90 bits per heavy atom. The number of ketones is 1. The number of allylic oxidation sites excluding steroid dienone is 1. The van der Waals surface area contributed by atoms with Crippen LogP contribution in [0.3, 0.4) is 0 Å². The second-order valence-electron chi connectivity index (χ2n) is 8.92. The van der Waals surface area contributed by atoms with Crippen LogP contribution in [0.4, 0.5) is 0 Å². The smallest absolute Gasteiger partial charge is 0.312 e. The Morgan fingerprint density at radius 1 is 0.700 bits per heavy atom. The van der Waals surface area contributed by atoms with Crippen molar-refractivity contribution in [3.8, 4) is 46.0 Å². The second kappa shape index (κ2) is 10.7. The Hall–Kier alpha value is -4.86. The summed E-state index contributed by atoms with van der Waals surface area (Å²) in [6, 6.07) is 10.00. The molecule has 10 nitrogen and oxygen atoms in total. The lowest BCUT2D eigenvalue weighted by Gasteiger charge is -2.28. The fourth-order valence-corrected chi connectivity index (χ4v) is 5.00. The number of benzene rings is 3. The first kappa shape index (κ1) is 26.7. The molecule has 0 radical (unpaired) electrons. The molecule has 0 aromatic heterocycles. The highest BCUT2D eigenvalue weighted by Gasteiger charge is 2.40. The fourth-order valence-electron chi connectivity index (χ4n) is 5.00. The molecule has 2 aliphatic rings.